The van der Waals surface area contributed by atoms with Gasteiger partial charge in [0.05, 0.1) is 20.1 Å². The lowest BCUT2D eigenvalue weighted by molar-refractivity contribution is -0.138. The highest BCUT2D eigenvalue weighted by molar-refractivity contribution is 7.10. The van der Waals surface area contributed by atoms with E-state index in [1.807, 2.05) is 29.6 Å². The number of carboxylic acids is 1. The predicted molar refractivity (Wildman–Crippen MR) is 77.9 cm³/mol. The average molecular weight is 292 g/mol. The third kappa shape index (κ3) is 2.93. The summed E-state index contributed by atoms with van der Waals surface area (Å²) in [7, 11) is 3.12. The fourth-order valence-electron chi connectivity index (χ4n) is 2.13. The molecule has 1 aromatic heterocycles. The van der Waals surface area contributed by atoms with Crippen molar-refractivity contribution < 1.29 is 19.4 Å². The smallest absolute Gasteiger partial charge is 0.312 e. The molecule has 0 spiro atoms. The topological polar surface area (TPSA) is 55.8 Å². The number of hydrogen-bond acceptors (Lipinski definition) is 4. The number of rotatable bonds is 6. The van der Waals surface area contributed by atoms with E-state index in [4.69, 9.17) is 9.47 Å². The molecular formula is C15H16O4S. The van der Waals surface area contributed by atoms with E-state index in [9.17, 15) is 9.90 Å². The molecule has 2 rings (SSSR count). The summed E-state index contributed by atoms with van der Waals surface area (Å²) in [5.41, 5.74) is 0.827. The van der Waals surface area contributed by atoms with Crippen molar-refractivity contribution >= 4 is 17.3 Å². The molecule has 0 saturated heterocycles. The number of thiophene rings is 1. The summed E-state index contributed by atoms with van der Waals surface area (Å²) in [6.07, 6.45) is 0.371. The first kappa shape index (κ1) is 14.4. The lowest BCUT2D eigenvalue weighted by Gasteiger charge is -2.15. The Morgan fingerprint density at radius 2 is 2.05 bits per heavy atom. The second kappa shape index (κ2) is 6.43. The molecule has 5 heteroatoms. The summed E-state index contributed by atoms with van der Waals surface area (Å²) in [5.74, 6) is -0.202. The molecule has 0 aliphatic heterocycles. The molecule has 0 radical (unpaired) electrons. The van der Waals surface area contributed by atoms with Gasteiger partial charge in [-0.25, -0.2) is 0 Å². The Morgan fingerprint density at radius 1 is 1.25 bits per heavy atom. The Morgan fingerprint density at radius 3 is 2.60 bits per heavy atom. The Hall–Kier alpha value is -2.01. The van der Waals surface area contributed by atoms with Crippen LogP contribution in [-0.4, -0.2) is 25.3 Å². The first-order valence-corrected chi connectivity index (χ1v) is 7.01. The zero-order valence-corrected chi connectivity index (χ0v) is 12.1. The Kier molecular flexibility index (Phi) is 4.63. The van der Waals surface area contributed by atoms with Crippen LogP contribution >= 0.6 is 11.3 Å². The maximum atomic E-state index is 11.5. The van der Waals surface area contributed by atoms with E-state index in [0.29, 0.717) is 17.9 Å². The fourth-order valence-corrected chi connectivity index (χ4v) is 2.95. The lowest BCUT2D eigenvalue weighted by atomic mass is 9.97. The molecular weight excluding hydrogens is 276 g/mol. The van der Waals surface area contributed by atoms with Crippen molar-refractivity contribution in [1.29, 1.82) is 0 Å². The number of benzene rings is 1. The number of methoxy groups -OCH3 is 2. The Balaban J connectivity index is 2.34. The molecule has 0 amide bonds. The molecule has 0 aliphatic carbocycles. The van der Waals surface area contributed by atoms with Crippen molar-refractivity contribution in [2.75, 3.05) is 14.2 Å². The van der Waals surface area contributed by atoms with Gasteiger partial charge in [-0.15, -0.1) is 11.3 Å². The summed E-state index contributed by atoms with van der Waals surface area (Å²) in [4.78, 5) is 12.3. The van der Waals surface area contributed by atoms with Gasteiger partial charge in [-0.2, -0.15) is 0 Å². The number of para-hydroxylation sites is 1. The quantitative estimate of drug-likeness (QED) is 0.888. The van der Waals surface area contributed by atoms with Gasteiger partial charge in [0.1, 0.15) is 0 Å². The minimum atomic E-state index is -0.836. The average Bonchev–Trinajstić information content (AvgIpc) is 2.97. The summed E-state index contributed by atoms with van der Waals surface area (Å²) in [6, 6.07) is 9.20. The van der Waals surface area contributed by atoms with Crippen LogP contribution in [0.1, 0.15) is 16.4 Å². The van der Waals surface area contributed by atoms with Crippen LogP contribution in [-0.2, 0) is 11.2 Å². The molecule has 1 heterocycles. The fraction of sp³-hybridized carbons (Fsp3) is 0.267. The molecule has 0 fully saturated rings. The molecule has 1 aromatic carbocycles. The molecule has 2 aromatic rings. The van der Waals surface area contributed by atoms with Gasteiger partial charge in [0.25, 0.3) is 0 Å². The van der Waals surface area contributed by atoms with Crippen molar-refractivity contribution in [2.45, 2.75) is 12.3 Å². The molecule has 1 unspecified atom stereocenters. The molecule has 20 heavy (non-hydrogen) atoms. The van der Waals surface area contributed by atoms with Gasteiger partial charge < -0.3 is 14.6 Å². The van der Waals surface area contributed by atoms with Gasteiger partial charge >= 0.3 is 5.97 Å². The number of aliphatic carboxylic acids is 1. The summed E-state index contributed by atoms with van der Waals surface area (Å²) >= 11 is 1.45. The van der Waals surface area contributed by atoms with E-state index < -0.39 is 11.9 Å². The summed E-state index contributed by atoms with van der Waals surface area (Å²) < 4.78 is 10.6. The highest BCUT2D eigenvalue weighted by atomic mass is 32.1. The second-order valence-electron chi connectivity index (χ2n) is 4.26. The van der Waals surface area contributed by atoms with Crippen LogP contribution in [0.5, 0.6) is 11.5 Å². The van der Waals surface area contributed by atoms with Gasteiger partial charge in [0.15, 0.2) is 11.5 Å². The van der Waals surface area contributed by atoms with Gasteiger partial charge in [-0.3, -0.25) is 4.79 Å². The molecule has 0 aliphatic rings. The molecule has 1 atom stereocenters. The molecule has 0 saturated carbocycles. The predicted octanol–water partition coefficient (Wildman–Crippen LogP) is 3.18. The molecule has 1 N–H and O–H groups in total. The van der Waals surface area contributed by atoms with E-state index in [0.717, 1.165) is 10.4 Å². The van der Waals surface area contributed by atoms with Crippen molar-refractivity contribution in [3.05, 3.63) is 46.2 Å². The number of hydrogen-bond donors (Lipinski definition) is 1. The van der Waals surface area contributed by atoms with Crippen LogP contribution in [0.3, 0.4) is 0 Å². The van der Waals surface area contributed by atoms with Crippen LogP contribution < -0.4 is 9.47 Å². The van der Waals surface area contributed by atoms with Crippen molar-refractivity contribution in [3.8, 4) is 11.5 Å². The second-order valence-corrected chi connectivity index (χ2v) is 5.24. The Bertz CT molecular complexity index is 578. The zero-order valence-electron chi connectivity index (χ0n) is 11.3. The maximum absolute atomic E-state index is 11.5. The number of ether oxygens (including phenoxy) is 2. The van der Waals surface area contributed by atoms with E-state index in [2.05, 4.69) is 0 Å². The standard InChI is InChI=1S/C15H16O4S/c1-18-12-6-3-5-10(14(12)19-2)9-11(15(16)17)13-7-4-8-20-13/h3-8,11H,9H2,1-2H3,(H,16,17). The maximum Gasteiger partial charge on any atom is 0.312 e. The van der Waals surface area contributed by atoms with E-state index in [1.54, 1.807) is 20.3 Å². The zero-order chi connectivity index (χ0) is 14.5. The summed E-state index contributed by atoms with van der Waals surface area (Å²) in [6.45, 7) is 0. The van der Waals surface area contributed by atoms with Crippen LogP contribution in [0.15, 0.2) is 35.7 Å². The first-order chi connectivity index (χ1) is 9.67. The SMILES string of the molecule is COc1cccc(CC(C(=O)O)c2cccs2)c1OC. The minimum absolute atomic E-state index is 0.371. The molecule has 106 valence electrons. The van der Waals surface area contributed by atoms with Gasteiger partial charge in [-0.05, 0) is 29.5 Å². The van der Waals surface area contributed by atoms with E-state index in [1.165, 1.54) is 11.3 Å². The van der Waals surface area contributed by atoms with Crippen LogP contribution in [0.2, 0.25) is 0 Å². The van der Waals surface area contributed by atoms with Gasteiger partial charge in [0.2, 0.25) is 0 Å². The number of carboxylic acid groups (broad SMARTS) is 1. The third-order valence-corrected chi connectivity index (χ3v) is 4.08. The van der Waals surface area contributed by atoms with Crippen molar-refractivity contribution in [1.82, 2.24) is 0 Å². The van der Waals surface area contributed by atoms with Crippen molar-refractivity contribution in [2.24, 2.45) is 0 Å². The van der Waals surface area contributed by atoms with Crippen LogP contribution in [0.25, 0.3) is 0 Å². The van der Waals surface area contributed by atoms with Gasteiger partial charge in [0, 0.05) is 4.88 Å². The van der Waals surface area contributed by atoms with Crippen molar-refractivity contribution in [3.63, 3.8) is 0 Å². The molecule has 4 nitrogen and oxygen atoms in total. The number of carbonyl (C=O) groups is 1. The first-order valence-electron chi connectivity index (χ1n) is 6.13. The highest BCUT2D eigenvalue weighted by Gasteiger charge is 2.23. The highest BCUT2D eigenvalue weighted by Crippen LogP contribution is 2.35. The van der Waals surface area contributed by atoms with E-state index in [-0.39, 0.29) is 0 Å². The Labute approximate surface area is 121 Å². The van der Waals surface area contributed by atoms with Gasteiger partial charge in [-0.1, -0.05) is 18.2 Å². The lowest BCUT2D eigenvalue weighted by Crippen LogP contribution is -2.13. The van der Waals surface area contributed by atoms with Crippen LogP contribution in [0, 0.1) is 0 Å². The molecule has 0 bridgehead atoms. The van der Waals surface area contributed by atoms with E-state index >= 15 is 0 Å². The van der Waals surface area contributed by atoms with Crippen LogP contribution in [0.4, 0.5) is 0 Å². The normalized spacial score (nSPS) is 11.9. The minimum Gasteiger partial charge on any atom is -0.493 e. The monoisotopic (exact) mass is 292 g/mol. The largest absolute Gasteiger partial charge is 0.493 e. The third-order valence-electron chi connectivity index (χ3n) is 3.09. The summed E-state index contributed by atoms with van der Waals surface area (Å²) in [5, 5.41) is 11.3.